The van der Waals surface area contributed by atoms with Crippen molar-refractivity contribution in [3.05, 3.63) is 52.8 Å². The molecule has 120 valence electrons. The Bertz CT molecular complexity index is 727. The molecule has 5 heteroatoms. The third-order valence-electron chi connectivity index (χ3n) is 3.91. The van der Waals surface area contributed by atoms with Crippen LogP contribution in [0.1, 0.15) is 41.2 Å². The molecule has 23 heavy (non-hydrogen) atoms. The van der Waals surface area contributed by atoms with Crippen LogP contribution in [0.5, 0.6) is 0 Å². The van der Waals surface area contributed by atoms with Gasteiger partial charge in [0.05, 0.1) is 0 Å². The van der Waals surface area contributed by atoms with Crippen LogP contribution in [0.2, 0.25) is 0 Å². The third kappa shape index (κ3) is 3.50. The van der Waals surface area contributed by atoms with Gasteiger partial charge in [-0.15, -0.1) is 0 Å². The minimum absolute atomic E-state index is 0.0307. The zero-order chi connectivity index (χ0) is 16.4. The highest BCUT2D eigenvalue weighted by atomic mass is 16.2. The second kappa shape index (κ2) is 6.36. The first-order chi connectivity index (χ1) is 11.0. The monoisotopic (exact) mass is 310 g/mol. The Hall–Kier alpha value is -2.43. The Labute approximate surface area is 136 Å². The second-order valence-electron chi connectivity index (χ2n) is 6.26. The van der Waals surface area contributed by atoms with Gasteiger partial charge >= 0.3 is 0 Å². The summed E-state index contributed by atoms with van der Waals surface area (Å²) in [5.74, 6) is 0.484. The van der Waals surface area contributed by atoms with E-state index in [9.17, 15) is 4.79 Å². The van der Waals surface area contributed by atoms with E-state index in [1.54, 1.807) is 6.07 Å². The third-order valence-corrected chi connectivity index (χ3v) is 3.91. The summed E-state index contributed by atoms with van der Waals surface area (Å²) in [5, 5.41) is 3.17. The molecular formula is C18H22N4O. The van der Waals surface area contributed by atoms with Crippen molar-refractivity contribution in [1.82, 2.24) is 14.9 Å². The Morgan fingerprint density at radius 3 is 2.70 bits per heavy atom. The van der Waals surface area contributed by atoms with Gasteiger partial charge in [0.25, 0.3) is 5.91 Å². The summed E-state index contributed by atoms with van der Waals surface area (Å²) >= 11 is 0. The zero-order valence-corrected chi connectivity index (χ0v) is 13.8. The molecule has 0 unspecified atom stereocenters. The van der Waals surface area contributed by atoms with Crippen LogP contribution in [0.15, 0.2) is 30.3 Å². The van der Waals surface area contributed by atoms with Gasteiger partial charge in [-0.2, -0.15) is 0 Å². The van der Waals surface area contributed by atoms with Crippen molar-refractivity contribution in [2.75, 3.05) is 11.9 Å². The standard InChI is InChI=1S/C18H22N4O/c1-12(2)19-18-20-13(3)10-16(21-18)17(23)22-9-8-14-6-4-5-7-15(14)11-22/h4-7,10,12H,8-9,11H2,1-3H3,(H,19,20,21). The number of benzene rings is 1. The lowest BCUT2D eigenvalue weighted by Crippen LogP contribution is -2.36. The van der Waals surface area contributed by atoms with Crippen LogP contribution in [-0.4, -0.2) is 33.4 Å². The highest BCUT2D eigenvalue weighted by Crippen LogP contribution is 2.20. The van der Waals surface area contributed by atoms with Crippen LogP contribution in [0, 0.1) is 6.92 Å². The van der Waals surface area contributed by atoms with Crippen LogP contribution in [0.4, 0.5) is 5.95 Å². The molecule has 2 heterocycles. The number of aryl methyl sites for hydroxylation is 1. The largest absolute Gasteiger partial charge is 0.352 e. The molecule has 0 atom stereocenters. The summed E-state index contributed by atoms with van der Waals surface area (Å²) in [6.45, 7) is 7.30. The molecule has 5 nitrogen and oxygen atoms in total. The van der Waals surface area contributed by atoms with E-state index in [1.165, 1.54) is 11.1 Å². The summed E-state index contributed by atoms with van der Waals surface area (Å²) in [4.78, 5) is 23.4. The van der Waals surface area contributed by atoms with Gasteiger partial charge in [-0.05, 0) is 44.4 Å². The van der Waals surface area contributed by atoms with Crippen molar-refractivity contribution in [3.63, 3.8) is 0 Å². The Balaban J connectivity index is 1.82. The number of fused-ring (bicyclic) bond motifs is 1. The van der Waals surface area contributed by atoms with Crippen molar-refractivity contribution in [2.45, 2.75) is 39.8 Å². The van der Waals surface area contributed by atoms with E-state index in [0.717, 1.165) is 18.7 Å². The number of anilines is 1. The molecule has 0 aliphatic carbocycles. The van der Waals surface area contributed by atoms with Crippen molar-refractivity contribution < 1.29 is 4.79 Å². The number of carbonyl (C=O) groups is 1. The molecule has 1 aromatic carbocycles. The summed E-state index contributed by atoms with van der Waals surface area (Å²) in [6, 6.07) is 10.3. The summed E-state index contributed by atoms with van der Waals surface area (Å²) in [5.41, 5.74) is 3.81. The van der Waals surface area contributed by atoms with E-state index in [0.29, 0.717) is 18.2 Å². The maximum atomic E-state index is 12.8. The molecule has 0 spiro atoms. The Kier molecular flexibility index (Phi) is 4.28. The summed E-state index contributed by atoms with van der Waals surface area (Å²) < 4.78 is 0. The molecule has 2 aromatic rings. The lowest BCUT2D eigenvalue weighted by Gasteiger charge is -2.28. The van der Waals surface area contributed by atoms with E-state index < -0.39 is 0 Å². The van der Waals surface area contributed by atoms with Crippen LogP contribution >= 0.6 is 0 Å². The van der Waals surface area contributed by atoms with Crippen molar-refractivity contribution >= 4 is 11.9 Å². The van der Waals surface area contributed by atoms with E-state index in [-0.39, 0.29) is 11.9 Å². The fraction of sp³-hybridized carbons (Fsp3) is 0.389. The van der Waals surface area contributed by atoms with E-state index in [1.807, 2.05) is 37.8 Å². The fourth-order valence-electron chi connectivity index (χ4n) is 2.83. The molecule has 0 bridgehead atoms. The molecule has 0 radical (unpaired) electrons. The predicted molar refractivity (Wildman–Crippen MR) is 90.4 cm³/mol. The van der Waals surface area contributed by atoms with E-state index in [4.69, 9.17) is 0 Å². The van der Waals surface area contributed by atoms with Gasteiger partial charge in [-0.25, -0.2) is 9.97 Å². The lowest BCUT2D eigenvalue weighted by molar-refractivity contribution is 0.0728. The molecule has 1 amide bonds. The number of rotatable bonds is 3. The number of nitrogens with one attached hydrogen (secondary N) is 1. The smallest absolute Gasteiger partial charge is 0.272 e. The topological polar surface area (TPSA) is 58.1 Å². The van der Waals surface area contributed by atoms with Crippen molar-refractivity contribution in [2.24, 2.45) is 0 Å². The molecule has 1 aliphatic rings. The minimum Gasteiger partial charge on any atom is -0.352 e. The number of carbonyl (C=O) groups excluding carboxylic acids is 1. The number of hydrogen-bond donors (Lipinski definition) is 1. The SMILES string of the molecule is Cc1cc(C(=O)N2CCc3ccccc3C2)nc(NC(C)C)n1. The van der Waals surface area contributed by atoms with Gasteiger partial charge in [-0.3, -0.25) is 4.79 Å². The van der Waals surface area contributed by atoms with Gasteiger partial charge in [-0.1, -0.05) is 24.3 Å². The van der Waals surface area contributed by atoms with Gasteiger partial charge in [0, 0.05) is 24.8 Å². The normalized spacial score (nSPS) is 13.8. The number of hydrogen-bond acceptors (Lipinski definition) is 4. The van der Waals surface area contributed by atoms with Crippen LogP contribution < -0.4 is 5.32 Å². The molecule has 1 aliphatic heterocycles. The molecule has 1 N–H and O–H groups in total. The fourth-order valence-corrected chi connectivity index (χ4v) is 2.83. The van der Waals surface area contributed by atoms with Crippen LogP contribution in [-0.2, 0) is 13.0 Å². The number of nitrogens with zero attached hydrogens (tertiary/aromatic N) is 3. The minimum atomic E-state index is -0.0307. The van der Waals surface area contributed by atoms with Gasteiger partial charge < -0.3 is 10.2 Å². The van der Waals surface area contributed by atoms with E-state index in [2.05, 4.69) is 27.4 Å². The van der Waals surface area contributed by atoms with Crippen LogP contribution in [0.3, 0.4) is 0 Å². The molecule has 0 saturated heterocycles. The number of aromatic nitrogens is 2. The lowest BCUT2D eigenvalue weighted by atomic mass is 10.00. The van der Waals surface area contributed by atoms with Gasteiger partial charge in [0.15, 0.2) is 0 Å². The molecular weight excluding hydrogens is 288 g/mol. The first-order valence-corrected chi connectivity index (χ1v) is 8.01. The van der Waals surface area contributed by atoms with Crippen LogP contribution in [0.25, 0.3) is 0 Å². The first kappa shape index (κ1) is 15.5. The maximum absolute atomic E-state index is 12.8. The number of amides is 1. The highest BCUT2D eigenvalue weighted by Gasteiger charge is 2.23. The molecule has 0 saturated carbocycles. The van der Waals surface area contributed by atoms with E-state index >= 15 is 0 Å². The van der Waals surface area contributed by atoms with Gasteiger partial charge in [0.1, 0.15) is 5.69 Å². The maximum Gasteiger partial charge on any atom is 0.272 e. The first-order valence-electron chi connectivity index (χ1n) is 8.01. The van der Waals surface area contributed by atoms with Gasteiger partial charge in [0.2, 0.25) is 5.95 Å². The molecule has 1 aromatic heterocycles. The quantitative estimate of drug-likeness (QED) is 0.947. The average molecular weight is 310 g/mol. The summed E-state index contributed by atoms with van der Waals surface area (Å²) in [7, 11) is 0. The molecule has 0 fully saturated rings. The Morgan fingerprint density at radius 2 is 1.96 bits per heavy atom. The highest BCUT2D eigenvalue weighted by molar-refractivity contribution is 5.92. The second-order valence-corrected chi connectivity index (χ2v) is 6.26. The van der Waals surface area contributed by atoms with Crippen molar-refractivity contribution in [3.8, 4) is 0 Å². The summed E-state index contributed by atoms with van der Waals surface area (Å²) in [6.07, 6.45) is 0.892. The zero-order valence-electron chi connectivity index (χ0n) is 13.8. The average Bonchev–Trinajstić information content (AvgIpc) is 2.52. The predicted octanol–water partition coefficient (Wildman–Crippen LogP) is 2.80. The van der Waals surface area contributed by atoms with Crippen molar-refractivity contribution in [1.29, 1.82) is 0 Å². The molecule has 3 rings (SSSR count). The Morgan fingerprint density at radius 1 is 1.22 bits per heavy atom.